The van der Waals surface area contributed by atoms with Crippen LogP contribution >= 0.6 is 11.3 Å². The van der Waals surface area contributed by atoms with Crippen molar-refractivity contribution in [3.05, 3.63) is 38.9 Å². The molecule has 20 heavy (non-hydrogen) atoms. The third kappa shape index (κ3) is 2.54. The molecule has 2 aromatic heterocycles. The number of thiophene rings is 1. The maximum Gasteiger partial charge on any atom is 0.141 e. The third-order valence-electron chi connectivity index (χ3n) is 4.16. The summed E-state index contributed by atoms with van der Waals surface area (Å²) < 4.78 is 5.49. The van der Waals surface area contributed by atoms with Gasteiger partial charge in [0.05, 0.1) is 5.69 Å². The maximum atomic E-state index is 5.49. The van der Waals surface area contributed by atoms with Gasteiger partial charge in [0.25, 0.3) is 0 Å². The number of aryl methyl sites for hydroxylation is 3. The molecule has 1 aliphatic heterocycles. The van der Waals surface area contributed by atoms with Gasteiger partial charge in [0.2, 0.25) is 0 Å². The minimum Gasteiger partial charge on any atom is -0.361 e. The van der Waals surface area contributed by atoms with Crippen molar-refractivity contribution in [1.82, 2.24) is 10.1 Å². The Balaban J connectivity index is 1.83. The molecule has 108 valence electrons. The van der Waals surface area contributed by atoms with E-state index in [1.165, 1.54) is 34.7 Å². The number of nitrogens with zero attached hydrogens (tertiary/aromatic N) is 2. The monoisotopic (exact) mass is 290 g/mol. The van der Waals surface area contributed by atoms with Gasteiger partial charge < -0.3 is 4.52 Å². The third-order valence-corrected chi connectivity index (χ3v) is 5.14. The van der Waals surface area contributed by atoms with Gasteiger partial charge in [-0.15, -0.1) is 11.3 Å². The van der Waals surface area contributed by atoms with Crippen LogP contribution in [0.3, 0.4) is 0 Å². The van der Waals surface area contributed by atoms with Crippen molar-refractivity contribution in [3.63, 3.8) is 0 Å². The zero-order valence-corrected chi connectivity index (χ0v) is 13.3. The van der Waals surface area contributed by atoms with Gasteiger partial charge in [0, 0.05) is 34.3 Å². The molecule has 1 aliphatic rings. The fraction of sp³-hybridized carbons (Fsp3) is 0.562. The highest BCUT2D eigenvalue weighted by atomic mass is 32.1. The lowest BCUT2D eigenvalue weighted by atomic mass is 10.0. The summed E-state index contributed by atoms with van der Waals surface area (Å²) in [6, 6.07) is 4.96. The number of hydrogen-bond donors (Lipinski definition) is 0. The summed E-state index contributed by atoms with van der Waals surface area (Å²) in [4.78, 5) is 5.44. The van der Waals surface area contributed by atoms with Crippen molar-refractivity contribution in [2.45, 2.75) is 52.6 Å². The second-order valence-corrected chi connectivity index (χ2v) is 6.97. The molecule has 0 spiro atoms. The van der Waals surface area contributed by atoms with E-state index < -0.39 is 0 Å². The Labute approximate surface area is 124 Å². The van der Waals surface area contributed by atoms with Crippen LogP contribution in [-0.2, 0) is 13.0 Å². The largest absolute Gasteiger partial charge is 0.361 e. The normalized spacial score (nSPS) is 19.9. The summed E-state index contributed by atoms with van der Waals surface area (Å²) >= 11 is 1.91. The van der Waals surface area contributed by atoms with Crippen molar-refractivity contribution in [2.75, 3.05) is 6.54 Å². The quantitative estimate of drug-likeness (QED) is 0.843. The number of likely N-dealkylation sites (tertiary alicyclic amines) is 1. The van der Waals surface area contributed by atoms with E-state index in [-0.39, 0.29) is 0 Å². The van der Waals surface area contributed by atoms with Gasteiger partial charge in [-0.1, -0.05) is 12.1 Å². The van der Waals surface area contributed by atoms with E-state index in [1.54, 1.807) is 0 Å². The molecule has 0 amide bonds. The molecule has 0 unspecified atom stereocenters. The molecular weight excluding hydrogens is 268 g/mol. The van der Waals surface area contributed by atoms with Crippen LogP contribution in [0.4, 0.5) is 0 Å². The Morgan fingerprint density at radius 1 is 1.40 bits per heavy atom. The predicted molar refractivity (Wildman–Crippen MR) is 82.1 cm³/mol. The molecule has 0 saturated carbocycles. The standard InChI is InChI=1S/C16H22N2OS/c1-4-15-16(12(3)17-19-15)14-6-5-9-18(14)10-13-8-7-11(2)20-13/h7-8,14H,4-6,9-10H2,1-3H3/t14-/m0/s1. The van der Waals surface area contributed by atoms with Gasteiger partial charge in [-0.25, -0.2) is 0 Å². The molecular formula is C16H22N2OS. The first-order valence-electron chi connectivity index (χ1n) is 7.43. The Kier molecular flexibility index (Phi) is 3.94. The fourth-order valence-electron chi connectivity index (χ4n) is 3.22. The van der Waals surface area contributed by atoms with Crippen molar-refractivity contribution in [1.29, 1.82) is 0 Å². The van der Waals surface area contributed by atoms with Crippen molar-refractivity contribution in [2.24, 2.45) is 0 Å². The smallest absolute Gasteiger partial charge is 0.141 e. The van der Waals surface area contributed by atoms with Gasteiger partial charge in [-0.05, 0) is 45.4 Å². The topological polar surface area (TPSA) is 29.3 Å². The Morgan fingerprint density at radius 3 is 2.95 bits per heavy atom. The molecule has 0 N–H and O–H groups in total. The van der Waals surface area contributed by atoms with E-state index >= 15 is 0 Å². The van der Waals surface area contributed by atoms with Crippen LogP contribution in [0, 0.1) is 13.8 Å². The summed E-state index contributed by atoms with van der Waals surface area (Å²) in [5.74, 6) is 1.07. The Bertz CT molecular complexity index is 587. The molecule has 0 radical (unpaired) electrons. The summed E-state index contributed by atoms with van der Waals surface area (Å²) in [6.45, 7) is 8.62. The van der Waals surface area contributed by atoms with E-state index in [0.717, 1.165) is 24.4 Å². The van der Waals surface area contributed by atoms with E-state index in [2.05, 4.69) is 43.0 Å². The van der Waals surface area contributed by atoms with Gasteiger partial charge in [0.15, 0.2) is 0 Å². The van der Waals surface area contributed by atoms with Crippen LogP contribution in [0.25, 0.3) is 0 Å². The summed E-state index contributed by atoms with van der Waals surface area (Å²) in [7, 11) is 0. The molecule has 3 heterocycles. The van der Waals surface area contributed by atoms with Crippen molar-refractivity contribution in [3.8, 4) is 0 Å². The summed E-state index contributed by atoms with van der Waals surface area (Å²) in [5.41, 5.74) is 2.42. The van der Waals surface area contributed by atoms with Gasteiger partial charge in [-0.2, -0.15) is 0 Å². The second-order valence-electron chi connectivity index (χ2n) is 5.60. The molecule has 1 saturated heterocycles. The van der Waals surface area contributed by atoms with Crippen LogP contribution in [0.5, 0.6) is 0 Å². The average molecular weight is 290 g/mol. The summed E-state index contributed by atoms with van der Waals surface area (Å²) in [6.07, 6.45) is 3.42. The maximum absolute atomic E-state index is 5.49. The van der Waals surface area contributed by atoms with E-state index in [4.69, 9.17) is 4.52 Å². The van der Waals surface area contributed by atoms with E-state index in [0.29, 0.717) is 6.04 Å². The predicted octanol–water partition coefficient (Wildman–Crippen LogP) is 4.25. The highest BCUT2D eigenvalue weighted by molar-refractivity contribution is 7.11. The molecule has 0 aliphatic carbocycles. The minimum absolute atomic E-state index is 0.485. The molecule has 0 aromatic carbocycles. The van der Waals surface area contributed by atoms with Crippen molar-refractivity contribution >= 4 is 11.3 Å². The first kappa shape index (κ1) is 13.8. The minimum atomic E-state index is 0.485. The zero-order valence-electron chi connectivity index (χ0n) is 12.5. The Morgan fingerprint density at radius 2 is 2.25 bits per heavy atom. The van der Waals surface area contributed by atoms with E-state index in [1.807, 2.05) is 11.3 Å². The van der Waals surface area contributed by atoms with Crippen LogP contribution in [0.15, 0.2) is 16.7 Å². The molecule has 2 aromatic rings. The summed E-state index contributed by atoms with van der Waals surface area (Å²) in [5, 5.41) is 4.18. The Hall–Kier alpha value is -1.13. The second kappa shape index (κ2) is 5.70. The van der Waals surface area contributed by atoms with Gasteiger partial charge in [0.1, 0.15) is 5.76 Å². The number of hydrogen-bond acceptors (Lipinski definition) is 4. The highest BCUT2D eigenvalue weighted by Crippen LogP contribution is 2.37. The van der Waals surface area contributed by atoms with Crippen LogP contribution < -0.4 is 0 Å². The molecule has 1 atom stereocenters. The molecule has 3 rings (SSSR count). The molecule has 1 fully saturated rings. The van der Waals surface area contributed by atoms with Crippen LogP contribution in [-0.4, -0.2) is 16.6 Å². The number of rotatable bonds is 4. The van der Waals surface area contributed by atoms with Gasteiger partial charge in [-0.3, -0.25) is 4.90 Å². The zero-order chi connectivity index (χ0) is 14.1. The highest BCUT2D eigenvalue weighted by Gasteiger charge is 2.31. The first-order valence-corrected chi connectivity index (χ1v) is 8.25. The fourth-order valence-corrected chi connectivity index (χ4v) is 4.13. The lowest BCUT2D eigenvalue weighted by Gasteiger charge is -2.24. The van der Waals surface area contributed by atoms with E-state index in [9.17, 15) is 0 Å². The SMILES string of the molecule is CCc1onc(C)c1[C@@H]1CCCN1Cc1ccc(C)s1. The molecule has 0 bridgehead atoms. The molecule has 4 heteroatoms. The van der Waals surface area contributed by atoms with Crippen molar-refractivity contribution < 1.29 is 4.52 Å². The average Bonchev–Trinajstić information content (AvgIpc) is 3.11. The lowest BCUT2D eigenvalue weighted by Crippen LogP contribution is -2.23. The lowest BCUT2D eigenvalue weighted by molar-refractivity contribution is 0.247. The number of aromatic nitrogens is 1. The van der Waals surface area contributed by atoms with Crippen LogP contribution in [0.1, 0.15) is 52.6 Å². The molecule has 3 nitrogen and oxygen atoms in total. The van der Waals surface area contributed by atoms with Gasteiger partial charge >= 0.3 is 0 Å². The van der Waals surface area contributed by atoms with Crippen LogP contribution in [0.2, 0.25) is 0 Å². The first-order chi connectivity index (χ1) is 9.69.